The van der Waals surface area contributed by atoms with Gasteiger partial charge in [-0.1, -0.05) is 30.3 Å². The lowest BCUT2D eigenvalue weighted by atomic mass is 10.0. The van der Waals surface area contributed by atoms with Crippen molar-refractivity contribution in [2.45, 2.75) is 6.92 Å². The molecule has 0 bridgehead atoms. The first-order valence-electron chi connectivity index (χ1n) is 9.60. The fourth-order valence-electron chi connectivity index (χ4n) is 3.41. The molecule has 0 aliphatic rings. The number of carbonyl (C=O) groups excluding carboxylic acids is 1. The van der Waals surface area contributed by atoms with Crippen molar-refractivity contribution in [2.75, 3.05) is 23.4 Å². The Hall–Kier alpha value is -4.20. The molecule has 4 N–H and O–H groups in total. The van der Waals surface area contributed by atoms with Gasteiger partial charge in [-0.2, -0.15) is 0 Å². The summed E-state index contributed by atoms with van der Waals surface area (Å²) >= 11 is 0. The average Bonchev–Trinajstić information content (AvgIpc) is 3.07. The minimum atomic E-state index is -0.524. The number of nitrogens with two attached hydrogens (primary N) is 1. The predicted octanol–water partition coefficient (Wildman–Crippen LogP) is 4.88. The monoisotopic (exact) mass is 416 g/mol. The van der Waals surface area contributed by atoms with E-state index in [1.807, 2.05) is 37.3 Å². The lowest BCUT2D eigenvalue weighted by Gasteiger charge is -2.10. The van der Waals surface area contributed by atoms with Gasteiger partial charge in [0.15, 0.2) is 5.82 Å². The van der Waals surface area contributed by atoms with Crippen molar-refractivity contribution in [1.29, 1.82) is 0 Å². The summed E-state index contributed by atoms with van der Waals surface area (Å²) in [6.07, 6.45) is 1.60. The van der Waals surface area contributed by atoms with E-state index in [2.05, 4.69) is 20.7 Å². The van der Waals surface area contributed by atoms with E-state index in [1.54, 1.807) is 42.3 Å². The molecule has 0 saturated carbocycles. The average molecular weight is 416 g/mol. The number of benzene rings is 3. The van der Waals surface area contributed by atoms with Crippen molar-refractivity contribution < 1.29 is 9.18 Å². The number of hydrogen-bond acceptors (Lipinski definition) is 4. The predicted molar refractivity (Wildman–Crippen MR) is 123 cm³/mol. The molecule has 0 unspecified atom stereocenters. The number of nitrogens with one attached hydrogen (secondary N) is 2. The molecule has 0 spiro atoms. The van der Waals surface area contributed by atoms with E-state index in [1.165, 1.54) is 6.07 Å². The van der Waals surface area contributed by atoms with Gasteiger partial charge in [0, 0.05) is 12.7 Å². The van der Waals surface area contributed by atoms with Crippen molar-refractivity contribution in [3.05, 3.63) is 72.0 Å². The normalized spacial score (nSPS) is 11.2. The molecule has 8 heteroatoms. The number of nitrogen functional groups attached to an aromatic ring is 1. The largest absolute Gasteiger partial charge is 0.382 e. The van der Waals surface area contributed by atoms with E-state index in [0.717, 1.165) is 27.6 Å². The summed E-state index contributed by atoms with van der Waals surface area (Å²) in [5, 5.41) is 10.4. The van der Waals surface area contributed by atoms with Gasteiger partial charge in [-0.05, 0) is 53.9 Å². The van der Waals surface area contributed by atoms with Crippen LogP contribution in [-0.4, -0.2) is 29.2 Å². The van der Waals surface area contributed by atoms with Crippen molar-refractivity contribution in [3.8, 4) is 11.1 Å². The zero-order chi connectivity index (χ0) is 22.0. The van der Waals surface area contributed by atoms with Crippen LogP contribution in [0.5, 0.6) is 0 Å². The van der Waals surface area contributed by atoms with E-state index in [4.69, 9.17) is 5.73 Å². The second kappa shape index (κ2) is 8.27. The maximum absolute atomic E-state index is 13.9. The molecule has 7 nitrogen and oxygen atoms in total. The number of aromatic nitrogens is 2. The van der Waals surface area contributed by atoms with Gasteiger partial charge in [0.2, 0.25) is 0 Å². The Labute approximate surface area is 178 Å². The number of aliphatic imine (C=N–C) groups is 1. The molecule has 3 aromatic carbocycles. The van der Waals surface area contributed by atoms with Crippen LogP contribution in [0, 0.1) is 12.7 Å². The molecule has 1 aromatic heterocycles. The number of carbonyl (C=O) groups is 1. The zero-order valence-electron chi connectivity index (χ0n) is 17.1. The standard InChI is InChI=1S/C23H21FN6O/c1-14-6-11-18(24)19(12-14)28-23(31)27-16-9-7-15(8-10-16)17-4-3-5-20-21(17)22(25)29-30(20)13-26-2/h3-13H,1-2H3,(H2,25,29)(H2,27,28,31)/b26-13+. The molecule has 1 heterocycles. The van der Waals surface area contributed by atoms with Gasteiger partial charge in [0.1, 0.15) is 12.2 Å². The van der Waals surface area contributed by atoms with Gasteiger partial charge in [-0.3, -0.25) is 4.99 Å². The highest BCUT2D eigenvalue weighted by Gasteiger charge is 2.13. The summed E-state index contributed by atoms with van der Waals surface area (Å²) in [5.41, 5.74) is 10.4. The van der Waals surface area contributed by atoms with Crippen LogP contribution in [0.25, 0.3) is 22.0 Å². The van der Waals surface area contributed by atoms with Gasteiger partial charge in [0.25, 0.3) is 0 Å². The SMILES string of the molecule is C/N=C/n1nc(N)c2c(-c3ccc(NC(=O)Nc4cc(C)ccc4F)cc3)cccc21. The Morgan fingerprint density at radius 2 is 1.90 bits per heavy atom. The summed E-state index contributed by atoms with van der Waals surface area (Å²) in [6, 6.07) is 17.1. The summed E-state index contributed by atoms with van der Waals surface area (Å²) in [5.74, 6) is -0.0808. The molecule has 0 radical (unpaired) electrons. The van der Waals surface area contributed by atoms with Crippen molar-refractivity contribution >= 4 is 40.5 Å². The van der Waals surface area contributed by atoms with Crippen LogP contribution in [0.2, 0.25) is 0 Å². The Morgan fingerprint density at radius 3 is 2.65 bits per heavy atom. The zero-order valence-corrected chi connectivity index (χ0v) is 17.1. The quantitative estimate of drug-likeness (QED) is 0.327. The van der Waals surface area contributed by atoms with Crippen LogP contribution in [0.4, 0.5) is 26.4 Å². The molecule has 0 aliphatic heterocycles. The third-order valence-corrected chi connectivity index (χ3v) is 4.81. The topological polar surface area (TPSA) is 97.3 Å². The fraction of sp³-hybridized carbons (Fsp3) is 0.0870. The van der Waals surface area contributed by atoms with Crippen molar-refractivity contribution in [2.24, 2.45) is 4.99 Å². The fourth-order valence-corrected chi connectivity index (χ4v) is 3.41. The smallest absolute Gasteiger partial charge is 0.323 e. The molecule has 0 aliphatic carbocycles. The summed E-state index contributed by atoms with van der Waals surface area (Å²) in [6.45, 7) is 1.83. The maximum atomic E-state index is 13.9. The maximum Gasteiger partial charge on any atom is 0.323 e. The molecular weight excluding hydrogens is 395 g/mol. The second-order valence-electron chi connectivity index (χ2n) is 7.04. The Bertz CT molecular complexity index is 1290. The first-order chi connectivity index (χ1) is 15.0. The highest BCUT2D eigenvalue weighted by Crippen LogP contribution is 2.32. The van der Waals surface area contributed by atoms with E-state index < -0.39 is 11.8 Å². The van der Waals surface area contributed by atoms with Gasteiger partial charge < -0.3 is 16.4 Å². The highest BCUT2D eigenvalue weighted by molar-refractivity contribution is 6.04. The summed E-state index contributed by atoms with van der Waals surface area (Å²) in [7, 11) is 1.67. The molecule has 0 atom stereocenters. The number of rotatable bonds is 4. The second-order valence-corrected chi connectivity index (χ2v) is 7.04. The Balaban J connectivity index is 1.56. The van der Waals surface area contributed by atoms with E-state index in [9.17, 15) is 9.18 Å². The summed E-state index contributed by atoms with van der Waals surface area (Å²) in [4.78, 5) is 16.3. The molecule has 31 heavy (non-hydrogen) atoms. The number of hydrogen-bond donors (Lipinski definition) is 3. The number of urea groups is 1. The van der Waals surface area contributed by atoms with Crippen LogP contribution in [0.3, 0.4) is 0 Å². The molecule has 4 rings (SSSR count). The van der Waals surface area contributed by atoms with Crippen LogP contribution in [0.15, 0.2) is 65.7 Å². The molecule has 4 aromatic rings. The number of halogens is 1. The molecule has 156 valence electrons. The number of nitrogens with zero attached hydrogens (tertiary/aromatic N) is 3. The minimum absolute atomic E-state index is 0.129. The number of fused-ring (bicyclic) bond motifs is 1. The van der Waals surface area contributed by atoms with Crippen LogP contribution in [-0.2, 0) is 0 Å². The third kappa shape index (κ3) is 4.09. The molecular formula is C23H21FN6O. The van der Waals surface area contributed by atoms with Gasteiger partial charge >= 0.3 is 6.03 Å². The van der Waals surface area contributed by atoms with E-state index in [0.29, 0.717) is 11.5 Å². The first-order valence-corrected chi connectivity index (χ1v) is 9.60. The third-order valence-electron chi connectivity index (χ3n) is 4.81. The van der Waals surface area contributed by atoms with Crippen LogP contribution in [0.1, 0.15) is 5.56 Å². The lowest BCUT2D eigenvalue weighted by molar-refractivity contribution is 0.262. The van der Waals surface area contributed by atoms with Crippen molar-refractivity contribution in [3.63, 3.8) is 0 Å². The molecule has 2 amide bonds. The van der Waals surface area contributed by atoms with Crippen LogP contribution < -0.4 is 16.4 Å². The van der Waals surface area contributed by atoms with E-state index in [-0.39, 0.29) is 5.69 Å². The van der Waals surface area contributed by atoms with Gasteiger partial charge in [0.05, 0.1) is 16.6 Å². The Morgan fingerprint density at radius 1 is 1.13 bits per heavy atom. The lowest BCUT2D eigenvalue weighted by Crippen LogP contribution is -2.20. The van der Waals surface area contributed by atoms with Crippen LogP contribution >= 0.6 is 0 Å². The summed E-state index contributed by atoms with van der Waals surface area (Å²) < 4.78 is 15.5. The number of amides is 2. The highest BCUT2D eigenvalue weighted by atomic mass is 19.1. The van der Waals surface area contributed by atoms with E-state index >= 15 is 0 Å². The Kier molecular flexibility index (Phi) is 5.36. The minimum Gasteiger partial charge on any atom is -0.382 e. The first kappa shape index (κ1) is 20.1. The number of anilines is 3. The van der Waals surface area contributed by atoms with Crippen molar-refractivity contribution in [1.82, 2.24) is 9.78 Å². The number of aryl methyl sites for hydroxylation is 1. The molecule has 0 fully saturated rings. The van der Waals surface area contributed by atoms with Gasteiger partial charge in [-0.15, -0.1) is 5.10 Å². The van der Waals surface area contributed by atoms with Gasteiger partial charge in [-0.25, -0.2) is 13.9 Å². The molecule has 0 saturated heterocycles.